The van der Waals surface area contributed by atoms with E-state index >= 15 is 0 Å². The second-order valence-corrected chi connectivity index (χ2v) is 4.27. The quantitative estimate of drug-likeness (QED) is 0.616. The number of carbonyl (C=O) groups excluding carboxylic acids is 1. The second-order valence-electron chi connectivity index (χ2n) is 4.27. The van der Waals surface area contributed by atoms with Crippen molar-refractivity contribution in [3.63, 3.8) is 0 Å². The van der Waals surface area contributed by atoms with Gasteiger partial charge in [-0.2, -0.15) is 4.39 Å². The van der Waals surface area contributed by atoms with Crippen LogP contribution in [-0.4, -0.2) is 40.5 Å². The molecule has 0 aliphatic rings. The van der Waals surface area contributed by atoms with Crippen molar-refractivity contribution in [1.29, 1.82) is 0 Å². The van der Waals surface area contributed by atoms with Crippen molar-refractivity contribution in [1.82, 2.24) is 4.90 Å². The molecule has 9 heteroatoms. The van der Waals surface area contributed by atoms with Crippen LogP contribution in [0.25, 0.3) is 0 Å². The summed E-state index contributed by atoms with van der Waals surface area (Å²) in [5.74, 6) is -2.01. The normalized spacial score (nSPS) is 10.0. The highest BCUT2D eigenvalue weighted by Crippen LogP contribution is 2.20. The Morgan fingerprint density at radius 1 is 1.48 bits per heavy atom. The number of carboxylic acid groups (broad SMARTS) is 1. The van der Waals surface area contributed by atoms with Crippen molar-refractivity contribution in [3.8, 4) is 0 Å². The van der Waals surface area contributed by atoms with Crippen LogP contribution >= 0.6 is 0 Å². The molecule has 0 saturated carbocycles. The van der Waals surface area contributed by atoms with E-state index in [-0.39, 0.29) is 25.1 Å². The maximum absolute atomic E-state index is 13.4. The number of aliphatic carboxylic acids is 1. The minimum Gasteiger partial charge on any atom is -0.481 e. The summed E-state index contributed by atoms with van der Waals surface area (Å²) < 4.78 is 13.4. The molecule has 0 bridgehead atoms. The van der Waals surface area contributed by atoms with Gasteiger partial charge in [0.15, 0.2) is 0 Å². The SMILES string of the molecule is CN(CCCC(=O)O)C(=O)Nc1ccc([N+](=O)[O-])c(F)c1. The van der Waals surface area contributed by atoms with Gasteiger partial charge in [0.1, 0.15) is 0 Å². The lowest BCUT2D eigenvalue weighted by atomic mass is 10.2. The van der Waals surface area contributed by atoms with E-state index in [0.717, 1.165) is 12.1 Å². The average molecular weight is 299 g/mol. The largest absolute Gasteiger partial charge is 0.481 e. The van der Waals surface area contributed by atoms with E-state index in [1.54, 1.807) is 0 Å². The number of nitrogens with zero attached hydrogens (tertiary/aromatic N) is 2. The number of halogens is 1. The summed E-state index contributed by atoms with van der Waals surface area (Å²) in [7, 11) is 1.46. The predicted molar refractivity (Wildman–Crippen MR) is 71.6 cm³/mol. The van der Waals surface area contributed by atoms with Crippen LogP contribution in [0, 0.1) is 15.9 Å². The minimum absolute atomic E-state index is 0.0657. The number of urea groups is 1. The van der Waals surface area contributed by atoms with E-state index in [9.17, 15) is 24.1 Å². The van der Waals surface area contributed by atoms with Gasteiger partial charge in [-0.25, -0.2) is 4.79 Å². The van der Waals surface area contributed by atoms with Crippen molar-refractivity contribution in [2.24, 2.45) is 0 Å². The number of benzene rings is 1. The molecular weight excluding hydrogens is 285 g/mol. The van der Waals surface area contributed by atoms with E-state index in [0.29, 0.717) is 0 Å². The first-order valence-corrected chi connectivity index (χ1v) is 5.99. The Balaban J connectivity index is 2.60. The maximum atomic E-state index is 13.4. The number of nitro benzene ring substituents is 1. The third kappa shape index (κ3) is 5.05. The molecular formula is C12H14FN3O5. The first kappa shape index (κ1) is 16.3. The number of nitro groups is 1. The minimum atomic E-state index is -1.05. The van der Waals surface area contributed by atoms with Gasteiger partial charge in [-0.1, -0.05) is 0 Å². The molecule has 0 fully saturated rings. The van der Waals surface area contributed by atoms with Gasteiger partial charge in [-0.3, -0.25) is 14.9 Å². The summed E-state index contributed by atoms with van der Waals surface area (Å²) in [6.07, 6.45) is 0.220. The number of carbonyl (C=O) groups is 2. The fourth-order valence-corrected chi connectivity index (χ4v) is 1.52. The van der Waals surface area contributed by atoms with E-state index in [1.165, 1.54) is 18.0 Å². The second kappa shape index (κ2) is 7.17. The van der Waals surface area contributed by atoms with Crippen molar-refractivity contribution in [3.05, 3.63) is 34.1 Å². The highest BCUT2D eigenvalue weighted by molar-refractivity contribution is 5.89. The van der Waals surface area contributed by atoms with Crippen LogP contribution < -0.4 is 5.32 Å². The van der Waals surface area contributed by atoms with E-state index in [1.807, 2.05) is 0 Å². The zero-order chi connectivity index (χ0) is 16.0. The van der Waals surface area contributed by atoms with Crippen molar-refractivity contribution < 1.29 is 24.0 Å². The first-order valence-electron chi connectivity index (χ1n) is 5.99. The van der Waals surface area contributed by atoms with Crippen LogP contribution in [0.2, 0.25) is 0 Å². The molecule has 114 valence electrons. The highest BCUT2D eigenvalue weighted by Gasteiger charge is 2.15. The number of hydrogen-bond donors (Lipinski definition) is 2. The fourth-order valence-electron chi connectivity index (χ4n) is 1.52. The van der Waals surface area contributed by atoms with E-state index < -0.39 is 28.4 Å². The van der Waals surface area contributed by atoms with Crippen LogP contribution in [0.3, 0.4) is 0 Å². The average Bonchev–Trinajstić information content (AvgIpc) is 2.37. The molecule has 0 spiro atoms. The van der Waals surface area contributed by atoms with E-state index in [4.69, 9.17) is 5.11 Å². The van der Waals surface area contributed by atoms with Crippen molar-refractivity contribution in [2.45, 2.75) is 12.8 Å². The standard InChI is InChI=1S/C12H14FN3O5/c1-15(6-2-3-11(17)18)12(19)14-8-4-5-10(16(20)21)9(13)7-8/h4-5,7H,2-3,6H2,1H3,(H,14,19)(H,17,18). The number of carboxylic acids is 1. The number of hydrogen-bond acceptors (Lipinski definition) is 4. The van der Waals surface area contributed by atoms with Gasteiger partial charge in [0, 0.05) is 37.8 Å². The zero-order valence-electron chi connectivity index (χ0n) is 11.2. The molecule has 0 heterocycles. The lowest BCUT2D eigenvalue weighted by molar-refractivity contribution is -0.387. The molecule has 0 radical (unpaired) electrons. The monoisotopic (exact) mass is 299 g/mol. The lowest BCUT2D eigenvalue weighted by Gasteiger charge is -2.17. The van der Waals surface area contributed by atoms with Gasteiger partial charge in [-0.05, 0) is 12.5 Å². The number of anilines is 1. The van der Waals surface area contributed by atoms with Crippen molar-refractivity contribution >= 4 is 23.4 Å². The Kier molecular flexibility index (Phi) is 5.58. The molecule has 1 rings (SSSR count). The molecule has 0 unspecified atom stereocenters. The Bertz CT molecular complexity index is 564. The Morgan fingerprint density at radius 2 is 2.14 bits per heavy atom. The Labute approximate surface area is 119 Å². The molecule has 1 aromatic carbocycles. The Hall–Kier alpha value is -2.71. The van der Waals surface area contributed by atoms with Crippen LogP contribution in [0.5, 0.6) is 0 Å². The summed E-state index contributed by atoms with van der Waals surface area (Å²) >= 11 is 0. The number of rotatable bonds is 6. The fraction of sp³-hybridized carbons (Fsp3) is 0.333. The molecule has 0 aromatic heterocycles. The van der Waals surface area contributed by atoms with Crippen LogP contribution in [0.15, 0.2) is 18.2 Å². The van der Waals surface area contributed by atoms with Gasteiger partial charge < -0.3 is 15.3 Å². The molecule has 0 atom stereocenters. The summed E-state index contributed by atoms with van der Waals surface area (Å²) in [5.41, 5.74) is -0.601. The topological polar surface area (TPSA) is 113 Å². The van der Waals surface area contributed by atoms with Crippen LogP contribution in [0.4, 0.5) is 20.6 Å². The van der Waals surface area contributed by atoms with Gasteiger partial charge in [0.2, 0.25) is 5.82 Å². The first-order chi connectivity index (χ1) is 9.81. The van der Waals surface area contributed by atoms with Gasteiger partial charge in [0.05, 0.1) is 4.92 Å². The molecule has 0 saturated heterocycles. The summed E-state index contributed by atoms with van der Waals surface area (Å²) in [5, 5.41) is 21.3. The molecule has 21 heavy (non-hydrogen) atoms. The molecule has 8 nitrogen and oxygen atoms in total. The molecule has 0 aliphatic carbocycles. The smallest absolute Gasteiger partial charge is 0.321 e. The highest BCUT2D eigenvalue weighted by atomic mass is 19.1. The molecule has 1 aromatic rings. The number of amides is 2. The third-order valence-electron chi connectivity index (χ3n) is 2.63. The van der Waals surface area contributed by atoms with Gasteiger partial charge in [-0.15, -0.1) is 0 Å². The maximum Gasteiger partial charge on any atom is 0.321 e. The van der Waals surface area contributed by atoms with E-state index in [2.05, 4.69) is 5.32 Å². The van der Waals surface area contributed by atoms with Gasteiger partial charge in [0.25, 0.3) is 0 Å². The number of nitrogens with one attached hydrogen (secondary N) is 1. The zero-order valence-corrected chi connectivity index (χ0v) is 11.2. The summed E-state index contributed by atoms with van der Waals surface area (Å²) in [6, 6.07) is 2.45. The molecule has 2 N–H and O–H groups in total. The van der Waals surface area contributed by atoms with Crippen LogP contribution in [-0.2, 0) is 4.79 Å². The van der Waals surface area contributed by atoms with Gasteiger partial charge >= 0.3 is 17.7 Å². The van der Waals surface area contributed by atoms with Crippen molar-refractivity contribution in [2.75, 3.05) is 18.9 Å². The third-order valence-corrected chi connectivity index (χ3v) is 2.63. The summed E-state index contributed by atoms with van der Waals surface area (Å²) in [6.45, 7) is 0.216. The Morgan fingerprint density at radius 3 is 2.67 bits per heavy atom. The lowest BCUT2D eigenvalue weighted by Crippen LogP contribution is -2.32. The molecule has 0 aliphatic heterocycles. The van der Waals surface area contributed by atoms with Crippen LogP contribution in [0.1, 0.15) is 12.8 Å². The predicted octanol–water partition coefficient (Wildman–Crippen LogP) is 2.06. The summed E-state index contributed by atoms with van der Waals surface area (Å²) in [4.78, 5) is 32.9. The molecule has 2 amide bonds.